The van der Waals surface area contributed by atoms with Crippen LogP contribution >= 0.6 is 0 Å². The molecule has 0 bridgehead atoms. The van der Waals surface area contributed by atoms with E-state index in [1.54, 1.807) is 0 Å². The Morgan fingerprint density at radius 1 is 1.12 bits per heavy atom. The number of halogens is 3. The Hall–Kier alpha value is -0.580. The number of carbonyl (C=O) groups is 1. The average Bonchev–Trinajstić information content (AvgIpc) is 2.39. The van der Waals surface area contributed by atoms with Gasteiger partial charge in [0.1, 0.15) is 5.60 Å². The molecule has 0 aromatic heterocycles. The summed E-state index contributed by atoms with van der Waals surface area (Å²) in [5.74, 6) is -0.647. The van der Waals surface area contributed by atoms with Crippen LogP contribution in [0.15, 0.2) is 0 Å². The van der Waals surface area contributed by atoms with Gasteiger partial charge < -0.3 is 5.11 Å². The maximum Gasteiger partial charge on any atom is 0.389 e. The fourth-order valence-corrected chi connectivity index (χ4v) is 2.08. The van der Waals surface area contributed by atoms with Crippen LogP contribution in [0.4, 0.5) is 13.2 Å². The summed E-state index contributed by atoms with van der Waals surface area (Å²) in [6, 6.07) is 0. The zero-order valence-corrected chi connectivity index (χ0v) is 9.15. The number of hydrogen-bond donors (Lipinski definition) is 1. The average molecular weight is 238 g/mol. The van der Waals surface area contributed by atoms with Gasteiger partial charge in [-0.3, -0.25) is 4.79 Å². The first kappa shape index (κ1) is 13.5. The molecule has 0 aromatic carbocycles. The van der Waals surface area contributed by atoms with Crippen LogP contribution in [0.25, 0.3) is 0 Å². The highest BCUT2D eigenvalue weighted by molar-refractivity contribution is 5.87. The second-order valence-electron chi connectivity index (χ2n) is 4.48. The molecule has 0 atom stereocenters. The number of hydrogen-bond acceptors (Lipinski definition) is 2. The normalized spacial score (nSPS) is 21.5. The molecule has 0 spiro atoms. The molecule has 16 heavy (non-hydrogen) atoms. The molecule has 0 aliphatic heterocycles. The van der Waals surface area contributed by atoms with Gasteiger partial charge in [0.2, 0.25) is 0 Å². The molecule has 5 heteroatoms. The van der Waals surface area contributed by atoms with Gasteiger partial charge in [0.05, 0.1) is 6.42 Å². The van der Waals surface area contributed by atoms with Gasteiger partial charge in [-0.25, -0.2) is 0 Å². The van der Waals surface area contributed by atoms with Crippen molar-refractivity contribution < 1.29 is 23.1 Å². The van der Waals surface area contributed by atoms with Gasteiger partial charge in [0.25, 0.3) is 0 Å². The summed E-state index contributed by atoms with van der Waals surface area (Å²) in [5.41, 5.74) is -1.50. The van der Waals surface area contributed by atoms with Crippen LogP contribution in [0.3, 0.4) is 0 Å². The minimum absolute atomic E-state index is 0.309. The molecule has 94 valence electrons. The zero-order chi connectivity index (χ0) is 12.2. The SMILES string of the molecule is O=C(CCC(F)(F)F)C1(O)CCCCCC1. The zero-order valence-electron chi connectivity index (χ0n) is 9.15. The van der Waals surface area contributed by atoms with Crippen molar-refractivity contribution in [1.29, 1.82) is 0 Å². The molecule has 0 amide bonds. The van der Waals surface area contributed by atoms with E-state index >= 15 is 0 Å². The monoisotopic (exact) mass is 238 g/mol. The molecular formula is C11H17F3O2. The van der Waals surface area contributed by atoms with Gasteiger partial charge in [-0.2, -0.15) is 13.2 Å². The predicted octanol–water partition coefficient (Wildman–Crippen LogP) is 2.98. The molecule has 2 nitrogen and oxygen atoms in total. The van der Waals surface area contributed by atoms with Crippen LogP contribution in [0.1, 0.15) is 51.4 Å². The van der Waals surface area contributed by atoms with E-state index in [-0.39, 0.29) is 0 Å². The lowest BCUT2D eigenvalue weighted by atomic mass is 9.87. The maximum absolute atomic E-state index is 12.0. The number of rotatable bonds is 3. The molecular weight excluding hydrogens is 221 g/mol. The molecule has 0 aromatic rings. The quantitative estimate of drug-likeness (QED) is 0.767. The number of aliphatic hydroxyl groups is 1. The molecule has 1 N–H and O–H groups in total. The van der Waals surface area contributed by atoms with Crippen molar-refractivity contribution in [1.82, 2.24) is 0 Å². The summed E-state index contributed by atoms with van der Waals surface area (Å²) in [7, 11) is 0. The summed E-state index contributed by atoms with van der Waals surface area (Å²) in [6.45, 7) is 0. The number of Topliss-reactive ketones (excluding diaryl/α,β-unsaturated/α-hetero) is 1. The first-order valence-electron chi connectivity index (χ1n) is 5.66. The van der Waals surface area contributed by atoms with Crippen molar-refractivity contribution in [2.45, 2.75) is 63.1 Å². The smallest absolute Gasteiger partial charge is 0.382 e. The second-order valence-corrected chi connectivity index (χ2v) is 4.48. The summed E-state index contributed by atoms with van der Waals surface area (Å²) in [4.78, 5) is 11.6. The Morgan fingerprint density at radius 2 is 1.62 bits per heavy atom. The summed E-state index contributed by atoms with van der Waals surface area (Å²) < 4.78 is 35.9. The second kappa shape index (κ2) is 5.17. The van der Waals surface area contributed by atoms with Crippen LogP contribution in [-0.2, 0) is 4.79 Å². The van der Waals surface area contributed by atoms with E-state index in [2.05, 4.69) is 0 Å². The standard InChI is InChI=1S/C11H17F3O2/c12-11(13,14)8-5-9(15)10(16)6-3-1-2-4-7-10/h16H,1-8H2. The van der Waals surface area contributed by atoms with Gasteiger partial charge >= 0.3 is 6.18 Å². The molecule has 1 rings (SSSR count). The van der Waals surface area contributed by atoms with Crippen LogP contribution in [0.5, 0.6) is 0 Å². The molecule has 1 saturated carbocycles. The Morgan fingerprint density at radius 3 is 2.06 bits per heavy atom. The molecule has 1 aliphatic rings. The van der Waals surface area contributed by atoms with E-state index in [9.17, 15) is 23.1 Å². The molecule has 0 unspecified atom stereocenters. The molecule has 0 heterocycles. The van der Waals surface area contributed by atoms with Gasteiger partial charge in [0, 0.05) is 6.42 Å². The van der Waals surface area contributed by atoms with E-state index in [4.69, 9.17) is 0 Å². The lowest BCUT2D eigenvalue weighted by Crippen LogP contribution is -2.38. The highest BCUT2D eigenvalue weighted by Gasteiger charge is 2.38. The molecule has 0 saturated heterocycles. The number of ketones is 1. The van der Waals surface area contributed by atoms with Crippen LogP contribution in [0, 0.1) is 0 Å². The third-order valence-corrected chi connectivity index (χ3v) is 3.09. The minimum atomic E-state index is -4.32. The summed E-state index contributed by atoms with van der Waals surface area (Å²) in [6.07, 6.45) is -2.12. The van der Waals surface area contributed by atoms with Crippen molar-refractivity contribution in [3.63, 3.8) is 0 Å². The van der Waals surface area contributed by atoms with Crippen LogP contribution < -0.4 is 0 Å². The summed E-state index contributed by atoms with van der Waals surface area (Å²) in [5, 5.41) is 10.00. The number of carbonyl (C=O) groups excluding carboxylic acids is 1. The maximum atomic E-state index is 12.0. The van der Waals surface area contributed by atoms with E-state index in [1.807, 2.05) is 0 Å². The van der Waals surface area contributed by atoms with Gasteiger partial charge in [0.15, 0.2) is 5.78 Å². The molecule has 1 aliphatic carbocycles. The molecule has 0 radical (unpaired) electrons. The Balaban J connectivity index is 2.50. The van der Waals surface area contributed by atoms with Crippen molar-refractivity contribution >= 4 is 5.78 Å². The third-order valence-electron chi connectivity index (χ3n) is 3.09. The fourth-order valence-electron chi connectivity index (χ4n) is 2.08. The largest absolute Gasteiger partial charge is 0.389 e. The first-order valence-corrected chi connectivity index (χ1v) is 5.66. The topological polar surface area (TPSA) is 37.3 Å². The first-order chi connectivity index (χ1) is 7.33. The number of alkyl halides is 3. The Labute approximate surface area is 92.8 Å². The van der Waals surface area contributed by atoms with Crippen molar-refractivity contribution in [3.8, 4) is 0 Å². The predicted molar refractivity (Wildman–Crippen MR) is 52.9 cm³/mol. The van der Waals surface area contributed by atoms with Crippen molar-refractivity contribution in [3.05, 3.63) is 0 Å². The van der Waals surface area contributed by atoms with Crippen LogP contribution in [0.2, 0.25) is 0 Å². The highest BCUT2D eigenvalue weighted by atomic mass is 19.4. The van der Waals surface area contributed by atoms with Gasteiger partial charge in [-0.05, 0) is 12.8 Å². The lowest BCUT2D eigenvalue weighted by Gasteiger charge is -2.25. The third kappa shape index (κ3) is 4.12. The van der Waals surface area contributed by atoms with E-state index in [0.29, 0.717) is 25.7 Å². The fraction of sp³-hybridized carbons (Fsp3) is 0.909. The van der Waals surface area contributed by atoms with Gasteiger partial charge in [-0.15, -0.1) is 0 Å². The van der Waals surface area contributed by atoms with Crippen molar-refractivity contribution in [2.24, 2.45) is 0 Å². The summed E-state index contributed by atoms with van der Waals surface area (Å²) >= 11 is 0. The Kier molecular flexibility index (Phi) is 4.35. The van der Waals surface area contributed by atoms with E-state index in [1.165, 1.54) is 0 Å². The molecule has 1 fully saturated rings. The Bertz CT molecular complexity index is 240. The minimum Gasteiger partial charge on any atom is -0.382 e. The van der Waals surface area contributed by atoms with Crippen molar-refractivity contribution in [2.75, 3.05) is 0 Å². The van der Waals surface area contributed by atoms with Crippen LogP contribution in [-0.4, -0.2) is 22.7 Å². The highest BCUT2D eigenvalue weighted by Crippen LogP contribution is 2.31. The van der Waals surface area contributed by atoms with Gasteiger partial charge in [-0.1, -0.05) is 25.7 Å². The van der Waals surface area contributed by atoms with E-state index < -0.39 is 30.4 Å². The van der Waals surface area contributed by atoms with E-state index in [0.717, 1.165) is 12.8 Å². The lowest BCUT2D eigenvalue weighted by molar-refractivity contribution is -0.153.